The van der Waals surface area contributed by atoms with Gasteiger partial charge in [-0.25, -0.2) is 18.0 Å². The van der Waals surface area contributed by atoms with Crippen LogP contribution in [-0.2, 0) is 0 Å². The highest BCUT2D eigenvalue weighted by atomic mass is 19.2. The molecule has 0 bridgehead atoms. The molecule has 1 aromatic heterocycles. The van der Waals surface area contributed by atoms with Crippen LogP contribution in [0.15, 0.2) is 17.1 Å². The molecule has 1 aromatic carbocycles. The molecule has 2 atom stereocenters. The molecule has 0 saturated heterocycles. The number of carboxylic acids is 1. The van der Waals surface area contributed by atoms with Gasteiger partial charge in [-0.3, -0.25) is 4.79 Å². The average molecular weight is 297 g/mol. The molecular weight excluding hydrogens is 287 g/mol. The smallest absolute Gasteiger partial charge is 0.341 e. The van der Waals surface area contributed by atoms with Crippen LogP contribution in [0.25, 0.3) is 10.9 Å². The molecule has 0 spiro atoms. The van der Waals surface area contributed by atoms with Gasteiger partial charge in [-0.1, -0.05) is 0 Å². The summed E-state index contributed by atoms with van der Waals surface area (Å²) >= 11 is 0. The second-order valence-corrected chi connectivity index (χ2v) is 5.09. The fourth-order valence-corrected chi connectivity index (χ4v) is 2.50. The molecule has 4 nitrogen and oxygen atoms in total. The van der Waals surface area contributed by atoms with Gasteiger partial charge >= 0.3 is 5.97 Å². The van der Waals surface area contributed by atoms with Crippen molar-refractivity contribution in [2.45, 2.75) is 25.6 Å². The zero-order valence-electron chi connectivity index (χ0n) is 10.9. The molecular formula is C14H10F3NO3. The quantitative estimate of drug-likeness (QED) is 0.926. The predicted molar refractivity (Wildman–Crippen MR) is 68.4 cm³/mol. The maximum atomic E-state index is 13.7. The predicted octanol–water partition coefficient (Wildman–Crippen LogP) is 2.57. The van der Waals surface area contributed by atoms with E-state index in [4.69, 9.17) is 5.11 Å². The van der Waals surface area contributed by atoms with E-state index in [1.807, 2.05) is 0 Å². The molecule has 21 heavy (non-hydrogen) atoms. The molecule has 3 rings (SSSR count). The summed E-state index contributed by atoms with van der Waals surface area (Å²) in [5.41, 5.74) is -1.76. The summed E-state index contributed by atoms with van der Waals surface area (Å²) in [5, 5.41) is 8.83. The summed E-state index contributed by atoms with van der Waals surface area (Å²) in [6.45, 7) is 1.19. The Morgan fingerprint density at radius 1 is 1.43 bits per heavy atom. The van der Waals surface area contributed by atoms with Gasteiger partial charge in [0, 0.05) is 24.2 Å². The van der Waals surface area contributed by atoms with Crippen molar-refractivity contribution in [1.29, 1.82) is 0 Å². The maximum Gasteiger partial charge on any atom is 0.341 e. The molecule has 1 N–H and O–H groups in total. The van der Waals surface area contributed by atoms with E-state index in [2.05, 4.69) is 0 Å². The van der Waals surface area contributed by atoms with Crippen LogP contribution in [-0.4, -0.2) is 21.8 Å². The van der Waals surface area contributed by atoms with E-state index in [1.54, 1.807) is 0 Å². The molecule has 7 heteroatoms. The zero-order chi connectivity index (χ0) is 15.5. The number of nitrogens with zero attached hydrogens (tertiary/aromatic N) is 1. The van der Waals surface area contributed by atoms with Crippen LogP contribution in [0.2, 0.25) is 0 Å². The highest BCUT2D eigenvalue weighted by molar-refractivity contribution is 5.93. The van der Waals surface area contributed by atoms with Gasteiger partial charge in [-0.2, -0.15) is 0 Å². The van der Waals surface area contributed by atoms with Crippen LogP contribution < -0.4 is 5.43 Å². The number of pyridine rings is 1. The Kier molecular flexibility index (Phi) is 2.82. The molecule has 0 unspecified atom stereocenters. The largest absolute Gasteiger partial charge is 0.477 e. The van der Waals surface area contributed by atoms with E-state index < -0.39 is 40.8 Å². The first-order valence-electron chi connectivity index (χ1n) is 6.23. The first-order chi connectivity index (χ1) is 9.82. The van der Waals surface area contributed by atoms with Crippen molar-refractivity contribution in [3.05, 3.63) is 45.2 Å². The van der Waals surface area contributed by atoms with E-state index in [9.17, 15) is 22.8 Å². The lowest BCUT2D eigenvalue weighted by Crippen LogP contribution is -2.20. The van der Waals surface area contributed by atoms with Crippen LogP contribution >= 0.6 is 0 Å². The van der Waals surface area contributed by atoms with Gasteiger partial charge in [-0.05, 0) is 6.92 Å². The number of aromatic carboxylic acids is 1. The van der Waals surface area contributed by atoms with E-state index >= 15 is 0 Å². The summed E-state index contributed by atoms with van der Waals surface area (Å²) in [6.07, 6.45) is -0.0471. The monoisotopic (exact) mass is 297 g/mol. The molecule has 1 fully saturated rings. The maximum absolute atomic E-state index is 13.7. The number of hydrogen-bond acceptors (Lipinski definition) is 2. The van der Waals surface area contributed by atoms with Crippen LogP contribution in [0.5, 0.6) is 0 Å². The van der Waals surface area contributed by atoms with Crippen molar-refractivity contribution in [3.63, 3.8) is 0 Å². The fourth-order valence-electron chi connectivity index (χ4n) is 2.50. The number of halogens is 3. The standard InChI is InChI=1S/C14H10F3NO3/c1-5-11-10(3-8(16)12(5)17)18(9-2-7(9)15)4-6(13(11)19)14(20)21/h3-4,7,9H,2H2,1H3,(H,20,21)/t7-,9+/m0/s1. The van der Waals surface area contributed by atoms with Crippen molar-refractivity contribution in [1.82, 2.24) is 4.57 Å². The van der Waals surface area contributed by atoms with Gasteiger partial charge in [0.2, 0.25) is 5.43 Å². The Balaban J connectivity index is 2.49. The van der Waals surface area contributed by atoms with E-state index in [1.165, 1.54) is 11.5 Å². The van der Waals surface area contributed by atoms with E-state index in [0.29, 0.717) is 0 Å². The molecule has 1 aliphatic rings. The molecule has 0 radical (unpaired) electrons. The lowest BCUT2D eigenvalue weighted by molar-refractivity contribution is 0.0694. The lowest BCUT2D eigenvalue weighted by atomic mass is 10.1. The third-order valence-corrected chi connectivity index (χ3v) is 3.72. The Labute approximate surface area is 116 Å². The Morgan fingerprint density at radius 2 is 2.05 bits per heavy atom. The summed E-state index contributed by atoms with van der Waals surface area (Å²) < 4.78 is 41.7. The number of carbonyl (C=O) groups is 1. The molecule has 1 saturated carbocycles. The molecule has 0 aliphatic heterocycles. The van der Waals surface area contributed by atoms with Crippen LogP contribution in [0.3, 0.4) is 0 Å². The number of aromatic nitrogens is 1. The van der Waals surface area contributed by atoms with Crippen LogP contribution in [0.1, 0.15) is 28.4 Å². The van der Waals surface area contributed by atoms with Gasteiger partial charge in [0.1, 0.15) is 11.7 Å². The van der Waals surface area contributed by atoms with Gasteiger partial charge < -0.3 is 9.67 Å². The molecule has 1 aliphatic carbocycles. The Bertz CT molecular complexity index is 844. The minimum atomic E-state index is -1.49. The summed E-state index contributed by atoms with van der Waals surface area (Å²) in [4.78, 5) is 23.3. The van der Waals surface area contributed by atoms with Gasteiger partial charge in [0.15, 0.2) is 11.6 Å². The minimum Gasteiger partial charge on any atom is -0.477 e. The number of fused-ring (bicyclic) bond motifs is 1. The summed E-state index contributed by atoms with van der Waals surface area (Å²) in [7, 11) is 0. The van der Waals surface area contributed by atoms with E-state index in [0.717, 1.165) is 12.3 Å². The Morgan fingerprint density at radius 3 is 2.57 bits per heavy atom. The minimum absolute atomic E-state index is 0.00606. The van der Waals surface area contributed by atoms with Gasteiger partial charge in [0.25, 0.3) is 0 Å². The molecule has 110 valence electrons. The third-order valence-electron chi connectivity index (χ3n) is 3.72. The number of hydrogen-bond donors (Lipinski definition) is 1. The number of rotatable bonds is 2. The summed E-state index contributed by atoms with van der Waals surface area (Å²) in [6, 6.07) is 0.144. The van der Waals surface area contributed by atoms with Crippen LogP contribution in [0, 0.1) is 18.6 Å². The number of benzene rings is 1. The number of aryl methyl sites for hydroxylation is 1. The molecule has 2 aromatic rings. The van der Waals surface area contributed by atoms with Gasteiger partial charge in [0.05, 0.1) is 16.9 Å². The fraction of sp³-hybridized carbons (Fsp3) is 0.286. The summed E-state index contributed by atoms with van der Waals surface area (Å²) in [5.74, 6) is -3.86. The Hall–Kier alpha value is -2.31. The second kappa shape index (κ2) is 4.34. The number of alkyl halides is 1. The molecule has 1 heterocycles. The zero-order valence-corrected chi connectivity index (χ0v) is 10.9. The highest BCUT2D eigenvalue weighted by Crippen LogP contribution is 2.41. The van der Waals surface area contributed by atoms with Gasteiger partial charge in [-0.15, -0.1) is 0 Å². The van der Waals surface area contributed by atoms with Crippen molar-refractivity contribution in [2.24, 2.45) is 0 Å². The first-order valence-corrected chi connectivity index (χ1v) is 6.23. The average Bonchev–Trinajstić information content (AvgIpc) is 3.12. The lowest BCUT2D eigenvalue weighted by Gasteiger charge is -2.13. The highest BCUT2D eigenvalue weighted by Gasteiger charge is 2.40. The normalized spacial score (nSPS) is 20.8. The second-order valence-electron chi connectivity index (χ2n) is 5.09. The molecule has 0 amide bonds. The first kappa shape index (κ1) is 13.7. The third kappa shape index (κ3) is 1.91. The van der Waals surface area contributed by atoms with Crippen molar-refractivity contribution < 1.29 is 23.1 Å². The van der Waals surface area contributed by atoms with Crippen molar-refractivity contribution in [2.75, 3.05) is 0 Å². The topological polar surface area (TPSA) is 59.3 Å². The van der Waals surface area contributed by atoms with E-state index in [-0.39, 0.29) is 22.9 Å². The number of carboxylic acid groups (broad SMARTS) is 1. The van der Waals surface area contributed by atoms with Crippen molar-refractivity contribution in [3.8, 4) is 0 Å². The SMILES string of the molecule is Cc1c(F)c(F)cc2c1c(=O)c(C(=O)O)cn2[C@@H]1C[C@@H]1F. The van der Waals surface area contributed by atoms with Crippen LogP contribution in [0.4, 0.5) is 13.2 Å². The van der Waals surface area contributed by atoms with Crippen molar-refractivity contribution >= 4 is 16.9 Å².